The van der Waals surface area contributed by atoms with E-state index in [4.69, 9.17) is 16.7 Å². The fourth-order valence-corrected chi connectivity index (χ4v) is 1.64. The molecule has 1 amide bonds. The molecule has 0 saturated heterocycles. The van der Waals surface area contributed by atoms with E-state index in [0.29, 0.717) is 9.21 Å². The normalized spacial score (nSPS) is 9.62. The van der Waals surface area contributed by atoms with Gasteiger partial charge in [0.25, 0.3) is 5.91 Å². The number of carboxylic acids is 1. The van der Waals surface area contributed by atoms with Crippen LogP contribution < -0.4 is 5.32 Å². The maximum absolute atomic E-state index is 11.1. The van der Waals surface area contributed by atoms with Crippen LogP contribution in [-0.4, -0.2) is 23.5 Å². The summed E-state index contributed by atoms with van der Waals surface area (Å²) in [6.45, 7) is -0.381. The van der Waals surface area contributed by atoms with Crippen LogP contribution in [0.1, 0.15) is 9.67 Å². The molecule has 1 aromatic rings. The zero-order valence-corrected chi connectivity index (χ0v) is 7.98. The van der Waals surface area contributed by atoms with Crippen molar-refractivity contribution >= 4 is 34.8 Å². The van der Waals surface area contributed by atoms with Crippen LogP contribution in [0.25, 0.3) is 0 Å². The quantitative estimate of drug-likeness (QED) is 0.807. The lowest BCUT2D eigenvalue weighted by Crippen LogP contribution is -2.28. The Labute approximate surface area is 83.1 Å². The first-order chi connectivity index (χ1) is 6.09. The maximum atomic E-state index is 11.1. The zero-order valence-electron chi connectivity index (χ0n) is 6.41. The molecule has 4 nitrogen and oxygen atoms in total. The Morgan fingerprint density at radius 2 is 2.38 bits per heavy atom. The van der Waals surface area contributed by atoms with Crippen molar-refractivity contribution in [1.82, 2.24) is 5.32 Å². The number of halogens is 1. The first-order valence-corrected chi connectivity index (χ1v) is 4.54. The van der Waals surface area contributed by atoms with Crippen molar-refractivity contribution in [1.29, 1.82) is 0 Å². The first kappa shape index (κ1) is 10.0. The number of aliphatic carboxylic acids is 1. The SMILES string of the molecule is O=C(NC[14C](=O)O)c1ccc(Cl)s1. The number of hydrogen-bond acceptors (Lipinski definition) is 3. The molecule has 1 heterocycles. The Kier molecular flexibility index (Phi) is 3.27. The molecule has 0 aliphatic rings. The minimum Gasteiger partial charge on any atom is -0.480 e. The number of carbonyl (C=O) groups is 2. The number of rotatable bonds is 3. The number of carboxylic acid groups (broad SMARTS) is 1. The second-order valence-electron chi connectivity index (χ2n) is 2.18. The van der Waals surface area contributed by atoms with Crippen LogP contribution in [0.4, 0.5) is 0 Å². The lowest BCUT2D eigenvalue weighted by molar-refractivity contribution is -0.135. The standard InChI is InChI=1S/C7H6ClNO3S/c8-5-2-1-4(13-5)7(12)9-3-6(10)11/h1-2H,3H2,(H,9,12)(H,10,11)/i6+2. The van der Waals surface area contributed by atoms with E-state index < -0.39 is 11.9 Å². The van der Waals surface area contributed by atoms with Gasteiger partial charge >= 0.3 is 5.97 Å². The highest BCUT2D eigenvalue weighted by Crippen LogP contribution is 2.20. The molecule has 1 rings (SSSR count). The van der Waals surface area contributed by atoms with Crippen LogP contribution in [-0.2, 0) is 4.79 Å². The van der Waals surface area contributed by atoms with Crippen molar-refractivity contribution in [2.24, 2.45) is 0 Å². The molecule has 0 saturated carbocycles. The largest absolute Gasteiger partial charge is 0.480 e. The van der Waals surface area contributed by atoms with Crippen molar-refractivity contribution in [2.45, 2.75) is 0 Å². The Balaban J connectivity index is 2.54. The van der Waals surface area contributed by atoms with Crippen LogP contribution in [0.5, 0.6) is 0 Å². The molecule has 13 heavy (non-hydrogen) atoms. The van der Waals surface area contributed by atoms with Gasteiger partial charge in [0, 0.05) is 0 Å². The van der Waals surface area contributed by atoms with Crippen LogP contribution in [0.3, 0.4) is 0 Å². The molecule has 0 aliphatic carbocycles. The number of nitrogens with one attached hydrogen (secondary N) is 1. The molecule has 70 valence electrons. The van der Waals surface area contributed by atoms with E-state index in [0.717, 1.165) is 11.3 Å². The van der Waals surface area contributed by atoms with Crippen molar-refractivity contribution in [2.75, 3.05) is 6.54 Å². The van der Waals surface area contributed by atoms with E-state index >= 15 is 0 Å². The molecule has 1 aromatic heterocycles. The van der Waals surface area contributed by atoms with E-state index in [2.05, 4.69) is 5.32 Å². The average molecular weight is 222 g/mol. The molecular weight excluding hydrogens is 216 g/mol. The summed E-state index contributed by atoms with van der Waals surface area (Å²) in [4.78, 5) is 21.7. The lowest BCUT2D eigenvalue weighted by Gasteiger charge is -1.97. The van der Waals surface area contributed by atoms with Crippen molar-refractivity contribution in [3.8, 4) is 0 Å². The van der Waals surface area contributed by atoms with Gasteiger partial charge in [-0.1, -0.05) is 11.6 Å². The fourth-order valence-electron chi connectivity index (χ4n) is 0.679. The second kappa shape index (κ2) is 4.25. The van der Waals surface area contributed by atoms with Crippen LogP contribution in [0, 0.1) is 0 Å². The lowest BCUT2D eigenvalue weighted by atomic mass is 10.4. The van der Waals surface area contributed by atoms with E-state index in [1.807, 2.05) is 0 Å². The van der Waals surface area contributed by atoms with Crippen molar-refractivity contribution in [3.63, 3.8) is 0 Å². The Morgan fingerprint density at radius 1 is 1.69 bits per heavy atom. The van der Waals surface area contributed by atoms with Crippen LogP contribution in [0.2, 0.25) is 4.34 Å². The molecule has 0 aliphatic heterocycles. The molecule has 0 spiro atoms. The molecule has 0 atom stereocenters. The zero-order chi connectivity index (χ0) is 9.84. The fraction of sp³-hybridized carbons (Fsp3) is 0.143. The number of thiophene rings is 1. The van der Waals surface area contributed by atoms with Gasteiger partial charge in [-0.15, -0.1) is 11.3 Å². The molecule has 6 heteroatoms. The maximum Gasteiger partial charge on any atom is 0.322 e. The summed E-state index contributed by atoms with van der Waals surface area (Å²) in [5, 5.41) is 10.5. The number of carbonyl (C=O) groups excluding carboxylic acids is 1. The van der Waals surface area contributed by atoms with Gasteiger partial charge in [0.05, 0.1) is 9.21 Å². The molecule has 0 aromatic carbocycles. The summed E-state index contributed by atoms with van der Waals surface area (Å²) in [6, 6.07) is 3.13. The highest BCUT2D eigenvalue weighted by Gasteiger charge is 2.08. The van der Waals surface area contributed by atoms with E-state index in [-0.39, 0.29) is 6.54 Å². The van der Waals surface area contributed by atoms with Gasteiger partial charge in [-0.2, -0.15) is 0 Å². The Morgan fingerprint density at radius 3 is 2.85 bits per heavy atom. The van der Waals surface area contributed by atoms with Crippen LogP contribution >= 0.6 is 22.9 Å². The number of amides is 1. The van der Waals surface area contributed by atoms with E-state index in [1.165, 1.54) is 0 Å². The molecule has 0 unspecified atom stereocenters. The van der Waals surface area contributed by atoms with Crippen molar-refractivity contribution < 1.29 is 14.7 Å². The number of hydrogen-bond donors (Lipinski definition) is 2. The third-order valence-corrected chi connectivity index (χ3v) is 2.43. The smallest absolute Gasteiger partial charge is 0.322 e. The van der Waals surface area contributed by atoms with Gasteiger partial charge in [0.15, 0.2) is 0 Å². The van der Waals surface area contributed by atoms with E-state index in [1.54, 1.807) is 12.1 Å². The van der Waals surface area contributed by atoms with Gasteiger partial charge in [-0.3, -0.25) is 9.59 Å². The van der Waals surface area contributed by atoms with Gasteiger partial charge in [-0.25, -0.2) is 0 Å². The van der Waals surface area contributed by atoms with Gasteiger partial charge < -0.3 is 10.4 Å². The first-order valence-electron chi connectivity index (χ1n) is 3.35. The topological polar surface area (TPSA) is 66.4 Å². The molecule has 0 radical (unpaired) electrons. The summed E-state index contributed by atoms with van der Waals surface area (Å²) >= 11 is 6.70. The molecule has 0 fully saturated rings. The minimum atomic E-state index is -1.07. The highest BCUT2D eigenvalue weighted by atomic mass is 35.5. The molecule has 2 N–H and O–H groups in total. The van der Waals surface area contributed by atoms with Gasteiger partial charge in [-0.05, 0) is 12.1 Å². The average Bonchev–Trinajstić information content (AvgIpc) is 2.47. The van der Waals surface area contributed by atoms with Crippen LogP contribution in [0.15, 0.2) is 12.1 Å². The summed E-state index contributed by atoms with van der Waals surface area (Å²) in [5.41, 5.74) is 0. The Hall–Kier alpha value is -1.07. The predicted molar refractivity (Wildman–Crippen MR) is 49.3 cm³/mol. The minimum absolute atomic E-state index is 0.381. The molecular formula is C7H6ClNO3S. The highest BCUT2D eigenvalue weighted by molar-refractivity contribution is 7.17. The monoisotopic (exact) mass is 221 g/mol. The third kappa shape index (κ3) is 3.04. The third-order valence-electron chi connectivity index (χ3n) is 1.20. The molecule has 0 bridgehead atoms. The summed E-state index contributed by atoms with van der Waals surface area (Å²) in [5.74, 6) is -1.49. The second-order valence-corrected chi connectivity index (χ2v) is 3.90. The summed E-state index contributed by atoms with van der Waals surface area (Å²) in [6.07, 6.45) is 0. The van der Waals surface area contributed by atoms with E-state index in [9.17, 15) is 9.59 Å². The van der Waals surface area contributed by atoms with Gasteiger partial charge in [0.1, 0.15) is 6.54 Å². The summed E-state index contributed by atoms with van der Waals surface area (Å²) < 4.78 is 0.500. The van der Waals surface area contributed by atoms with Gasteiger partial charge in [0.2, 0.25) is 0 Å². The summed E-state index contributed by atoms with van der Waals surface area (Å²) in [7, 11) is 0. The van der Waals surface area contributed by atoms with Crippen molar-refractivity contribution in [3.05, 3.63) is 21.3 Å². The predicted octanol–water partition coefficient (Wildman–Crippen LogP) is 1.22. The Bertz CT molecular complexity index is 336.